The molecule has 2 heterocycles. The number of aromatic nitrogens is 2. The van der Waals surface area contributed by atoms with E-state index in [1.54, 1.807) is 0 Å². The Hall–Kier alpha value is -1.00. The molecule has 1 aliphatic rings. The van der Waals surface area contributed by atoms with Crippen LogP contribution in [0.1, 0.15) is 17.9 Å². The largest absolute Gasteiger partial charge is 0.307 e. The van der Waals surface area contributed by atoms with Crippen LogP contribution in [-0.4, -0.2) is 41.0 Å². The number of hydrogen-bond donors (Lipinski definition) is 1. The van der Waals surface area contributed by atoms with Crippen LogP contribution in [0.5, 0.6) is 0 Å². The molecule has 15 heavy (non-hydrogen) atoms. The minimum Gasteiger partial charge on any atom is -0.307 e. The molecular formula is C11H18N4. The van der Waals surface area contributed by atoms with Gasteiger partial charge in [0.25, 0.3) is 0 Å². The third kappa shape index (κ3) is 2.97. The maximum atomic E-state index is 4.37. The van der Waals surface area contributed by atoms with Crippen LogP contribution < -0.4 is 5.32 Å². The summed E-state index contributed by atoms with van der Waals surface area (Å²) in [6, 6.07) is 2.59. The molecule has 0 aromatic carbocycles. The molecule has 4 nitrogen and oxygen atoms in total. The highest BCUT2D eigenvalue weighted by atomic mass is 15.2. The van der Waals surface area contributed by atoms with Crippen molar-refractivity contribution in [1.29, 1.82) is 0 Å². The first kappa shape index (κ1) is 10.5. The Morgan fingerprint density at radius 2 is 2.47 bits per heavy atom. The predicted molar refractivity (Wildman–Crippen MR) is 59.5 cm³/mol. The summed E-state index contributed by atoms with van der Waals surface area (Å²) in [6.45, 7) is 5.11. The van der Waals surface area contributed by atoms with Gasteiger partial charge in [0.15, 0.2) is 0 Å². The van der Waals surface area contributed by atoms with Gasteiger partial charge in [0.05, 0.1) is 5.69 Å². The summed E-state index contributed by atoms with van der Waals surface area (Å²) in [7, 11) is 2.16. The first-order valence-corrected chi connectivity index (χ1v) is 5.44. The van der Waals surface area contributed by atoms with Gasteiger partial charge in [0.1, 0.15) is 5.82 Å². The van der Waals surface area contributed by atoms with Crippen molar-refractivity contribution in [1.82, 2.24) is 20.2 Å². The molecule has 1 unspecified atom stereocenters. The summed E-state index contributed by atoms with van der Waals surface area (Å²) in [5.74, 6) is 0.845. The monoisotopic (exact) mass is 206 g/mol. The van der Waals surface area contributed by atoms with Gasteiger partial charge in [-0.2, -0.15) is 0 Å². The average Bonchev–Trinajstić information content (AvgIpc) is 2.62. The van der Waals surface area contributed by atoms with E-state index >= 15 is 0 Å². The van der Waals surface area contributed by atoms with Crippen LogP contribution in [0.4, 0.5) is 0 Å². The first-order chi connectivity index (χ1) is 7.24. The Labute approximate surface area is 90.7 Å². The van der Waals surface area contributed by atoms with Crippen molar-refractivity contribution in [2.75, 3.05) is 20.1 Å². The van der Waals surface area contributed by atoms with Gasteiger partial charge >= 0.3 is 0 Å². The van der Waals surface area contributed by atoms with E-state index in [9.17, 15) is 0 Å². The normalized spacial score (nSPS) is 22.1. The van der Waals surface area contributed by atoms with E-state index in [4.69, 9.17) is 0 Å². The van der Waals surface area contributed by atoms with Crippen molar-refractivity contribution >= 4 is 0 Å². The fourth-order valence-corrected chi connectivity index (χ4v) is 1.95. The minimum absolute atomic E-state index is 0.616. The molecule has 0 aliphatic carbocycles. The highest BCUT2D eigenvalue weighted by Gasteiger charge is 2.18. The molecule has 0 amide bonds. The van der Waals surface area contributed by atoms with Gasteiger partial charge < -0.3 is 10.2 Å². The Balaban J connectivity index is 1.83. The zero-order chi connectivity index (χ0) is 10.7. The molecule has 82 valence electrons. The average molecular weight is 206 g/mol. The zero-order valence-electron chi connectivity index (χ0n) is 9.40. The standard InChI is InChI=1S/C11H18N4/c1-9-12-5-3-10(14-9)7-13-11-4-6-15(2)8-11/h3,5,11,13H,4,6-8H2,1-2H3. The van der Waals surface area contributed by atoms with Crippen LogP contribution >= 0.6 is 0 Å². The lowest BCUT2D eigenvalue weighted by Crippen LogP contribution is -2.31. The van der Waals surface area contributed by atoms with E-state index in [2.05, 4.69) is 27.2 Å². The van der Waals surface area contributed by atoms with Crippen LogP contribution in [0.3, 0.4) is 0 Å². The summed E-state index contributed by atoms with van der Waals surface area (Å²) in [4.78, 5) is 10.8. The molecule has 1 saturated heterocycles. The number of likely N-dealkylation sites (N-methyl/N-ethyl adjacent to an activating group) is 1. The van der Waals surface area contributed by atoms with E-state index in [-0.39, 0.29) is 0 Å². The van der Waals surface area contributed by atoms with E-state index in [0.717, 1.165) is 24.6 Å². The molecule has 1 N–H and O–H groups in total. The van der Waals surface area contributed by atoms with Crippen LogP contribution in [0.25, 0.3) is 0 Å². The lowest BCUT2D eigenvalue weighted by atomic mass is 10.2. The van der Waals surface area contributed by atoms with Crippen molar-refractivity contribution in [2.24, 2.45) is 0 Å². The molecule has 1 fully saturated rings. The number of aryl methyl sites for hydroxylation is 1. The molecule has 1 atom stereocenters. The number of nitrogens with one attached hydrogen (secondary N) is 1. The van der Waals surface area contributed by atoms with Gasteiger partial charge in [-0.05, 0) is 33.0 Å². The lowest BCUT2D eigenvalue weighted by Gasteiger charge is -2.12. The molecule has 0 radical (unpaired) electrons. The molecule has 1 aromatic rings. The summed E-state index contributed by atoms with van der Waals surface area (Å²) >= 11 is 0. The smallest absolute Gasteiger partial charge is 0.125 e. The van der Waals surface area contributed by atoms with E-state index in [1.165, 1.54) is 13.0 Å². The van der Waals surface area contributed by atoms with Crippen LogP contribution in [0.2, 0.25) is 0 Å². The van der Waals surface area contributed by atoms with Gasteiger partial charge in [0, 0.05) is 25.3 Å². The number of hydrogen-bond acceptors (Lipinski definition) is 4. The predicted octanol–water partition coefficient (Wildman–Crippen LogP) is 0.579. The van der Waals surface area contributed by atoms with Gasteiger partial charge in [-0.3, -0.25) is 0 Å². The molecule has 0 saturated carbocycles. The fraction of sp³-hybridized carbons (Fsp3) is 0.636. The SMILES string of the molecule is Cc1nccc(CNC2CCN(C)C2)n1. The van der Waals surface area contributed by atoms with E-state index < -0.39 is 0 Å². The van der Waals surface area contributed by atoms with Crippen molar-refractivity contribution in [2.45, 2.75) is 25.9 Å². The minimum atomic E-state index is 0.616. The van der Waals surface area contributed by atoms with Crippen molar-refractivity contribution < 1.29 is 0 Å². The van der Waals surface area contributed by atoms with Gasteiger partial charge in [-0.25, -0.2) is 9.97 Å². The number of likely N-dealkylation sites (tertiary alicyclic amines) is 1. The molecule has 2 rings (SSSR count). The molecule has 0 bridgehead atoms. The highest BCUT2D eigenvalue weighted by Crippen LogP contribution is 2.06. The fourth-order valence-electron chi connectivity index (χ4n) is 1.95. The number of rotatable bonds is 3. The summed E-state index contributed by atoms with van der Waals surface area (Å²) in [5.41, 5.74) is 1.08. The molecular weight excluding hydrogens is 188 g/mol. The Morgan fingerprint density at radius 1 is 1.60 bits per heavy atom. The van der Waals surface area contributed by atoms with Crippen molar-refractivity contribution in [3.05, 3.63) is 23.8 Å². The third-order valence-corrected chi connectivity index (χ3v) is 2.80. The maximum absolute atomic E-state index is 4.37. The Morgan fingerprint density at radius 3 is 3.13 bits per heavy atom. The second-order valence-electron chi connectivity index (χ2n) is 4.22. The molecule has 4 heteroatoms. The maximum Gasteiger partial charge on any atom is 0.125 e. The van der Waals surface area contributed by atoms with Gasteiger partial charge in [-0.1, -0.05) is 0 Å². The van der Waals surface area contributed by atoms with E-state index in [1.807, 2.05) is 19.2 Å². The van der Waals surface area contributed by atoms with E-state index in [0.29, 0.717) is 6.04 Å². The van der Waals surface area contributed by atoms with Crippen LogP contribution in [-0.2, 0) is 6.54 Å². The molecule has 1 aliphatic heterocycles. The third-order valence-electron chi connectivity index (χ3n) is 2.80. The lowest BCUT2D eigenvalue weighted by molar-refractivity contribution is 0.397. The molecule has 1 aromatic heterocycles. The van der Waals surface area contributed by atoms with Crippen LogP contribution in [0, 0.1) is 6.92 Å². The molecule has 0 spiro atoms. The zero-order valence-corrected chi connectivity index (χ0v) is 9.40. The second-order valence-corrected chi connectivity index (χ2v) is 4.22. The Kier molecular flexibility index (Phi) is 3.28. The van der Waals surface area contributed by atoms with Crippen LogP contribution in [0.15, 0.2) is 12.3 Å². The highest BCUT2D eigenvalue weighted by molar-refractivity contribution is 5.01. The second kappa shape index (κ2) is 4.68. The van der Waals surface area contributed by atoms with Gasteiger partial charge in [0.2, 0.25) is 0 Å². The quantitative estimate of drug-likeness (QED) is 0.785. The summed E-state index contributed by atoms with van der Waals surface area (Å²) in [6.07, 6.45) is 3.06. The van der Waals surface area contributed by atoms with Crippen molar-refractivity contribution in [3.8, 4) is 0 Å². The topological polar surface area (TPSA) is 41.1 Å². The first-order valence-electron chi connectivity index (χ1n) is 5.44. The summed E-state index contributed by atoms with van der Waals surface area (Å²) in [5, 5.41) is 3.52. The Bertz CT molecular complexity index is 326. The van der Waals surface area contributed by atoms with Gasteiger partial charge in [-0.15, -0.1) is 0 Å². The van der Waals surface area contributed by atoms with Crippen molar-refractivity contribution in [3.63, 3.8) is 0 Å². The summed E-state index contributed by atoms with van der Waals surface area (Å²) < 4.78 is 0. The number of nitrogens with zero attached hydrogens (tertiary/aromatic N) is 3.